The summed E-state index contributed by atoms with van der Waals surface area (Å²) in [5.74, 6) is -2.10. The molecule has 0 radical (unpaired) electrons. The highest BCUT2D eigenvalue weighted by molar-refractivity contribution is 7.47. The molecule has 5 atom stereocenters. The molecule has 17 nitrogen and oxygen atoms in total. The van der Waals surface area contributed by atoms with E-state index in [1.54, 1.807) is 0 Å². The van der Waals surface area contributed by atoms with E-state index in [-0.39, 0.29) is 25.7 Å². The smallest absolute Gasteiger partial charge is 0.462 e. The Morgan fingerprint density at radius 1 is 0.224 bits per heavy atom. The Kier molecular flexibility index (Phi) is 80.6. The molecule has 0 aliphatic rings. The quantitative estimate of drug-likeness (QED) is 0.0222. The maximum Gasteiger partial charge on any atom is 0.472 e. The van der Waals surface area contributed by atoms with Gasteiger partial charge >= 0.3 is 39.5 Å². The monoisotopic (exact) mass is 1560 g/mol. The van der Waals surface area contributed by atoms with E-state index in [1.807, 2.05) is 0 Å². The summed E-state index contributed by atoms with van der Waals surface area (Å²) in [4.78, 5) is 73.2. The molecule has 0 saturated heterocycles. The van der Waals surface area contributed by atoms with E-state index in [0.29, 0.717) is 25.7 Å². The van der Waals surface area contributed by atoms with Crippen LogP contribution in [0.4, 0.5) is 0 Å². The zero-order valence-corrected chi connectivity index (χ0v) is 71.9. The first-order valence-electron chi connectivity index (χ1n) is 45.8. The third kappa shape index (κ3) is 81.9. The van der Waals surface area contributed by atoms with E-state index in [2.05, 4.69) is 27.7 Å². The van der Waals surface area contributed by atoms with E-state index >= 15 is 0 Å². The second kappa shape index (κ2) is 82.1. The van der Waals surface area contributed by atoms with Crippen molar-refractivity contribution in [3.05, 3.63) is 0 Å². The summed E-state index contributed by atoms with van der Waals surface area (Å²) in [5.41, 5.74) is 0. The Labute approximate surface area is 658 Å². The number of hydrogen-bond acceptors (Lipinski definition) is 15. The third-order valence-electron chi connectivity index (χ3n) is 20.9. The first kappa shape index (κ1) is 105. The molecule has 0 aromatic rings. The minimum Gasteiger partial charge on any atom is -0.462 e. The van der Waals surface area contributed by atoms with Crippen LogP contribution in [-0.2, 0) is 65.4 Å². The average molecular weight is 1560 g/mol. The van der Waals surface area contributed by atoms with E-state index in [4.69, 9.17) is 37.0 Å². The molecule has 2 unspecified atom stereocenters. The molecular weight excluding hydrogens is 1390 g/mol. The number of hydrogen-bond donors (Lipinski definition) is 3. The van der Waals surface area contributed by atoms with Crippen molar-refractivity contribution < 1.29 is 80.2 Å². The minimum atomic E-state index is -4.97. The van der Waals surface area contributed by atoms with Crippen molar-refractivity contribution in [3.63, 3.8) is 0 Å². The molecule has 0 amide bonds. The molecule has 0 bridgehead atoms. The number of carbonyl (C=O) groups excluding carboxylic acids is 4. The number of esters is 4. The summed E-state index contributed by atoms with van der Waals surface area (Å²) < 4.78 is 68.9. The fourth-order valence-corrected chi connectivity index (χ4v) is 15.5. The van der Waals surface area contributed by atoms with Crippen molar-refractivity contribution in [2.75, 3.05) is 39.6 Å². The molecule has 0 aromatic heterocycles. The number of unbranched alkanes of at least 4 members (excludes halogenated alkanes) is 63. The second-order valence-electron chi connectivity index (χ2n) is 31.6. The molecular formula is C88H172O17P2. The van der Waals surface area contributed by atoms with Gasteiger partial charge in [0.2, 0.25) is 0 Å². The molecule has 0 aromatic carbocycles. The highest BCUT2D eigenvalue weighted by Gasteiger charge is 2.30. The number of aliphatic hydroxyl groups excluding tert-OH is 1. The lowest BCUT2D eigenvalue weighted by Gasteiger charge is -2.21. The number of phosphoric ester groups is 2. The predicted molar refractivity (Wildman–Crippen MR) is 442 cm³/mol. The fourth-order valence-electron chi connectivity index (χ4n) is 13.9. The largest absolute Gasteiger partial charge is 0.472 e. The number of phosphoric acid groups is 2. The van der Waals surface area contributed by atoms with Crippen LogP contribution in [0.15, 0.2) is 0 Å². The van der Waals surface area contributed by atoms with Crippen LogP contribution in [0, 0.1) is 0 Å². The molecule has 636 valence electrons. The predicted octanol–water partition coefficient (Wildman–Crippen LogP) is 27.3. The lowest BCUT2D eigenvalue weighted by Crippen LogP contribution is -2.30. The van der Waals surface area contributed by atoms with Crippen LogP contribution in [0.2, 0.25) is 0 Å². The number of ether oxygens (including phenoxy) is 4. The molecule has 3 N–H and O–H groups in total. The summed E-state index contributed by atoms with van der Waals surface area (Å²) in [6, 6.07) is 0. The Bertz CT molecular complexity index is 2020. The third-order valence-corrected chi connectivity index (χ3v) is 22.8. The molecule has 0 saturated carbocycles. The van der Waals surface area contributed by atoms with Gasteiger partial charge in [-0.25, -0.2) is 9.13 Å². The maximum atomic E-state index is 13.2. The lowest BCUT2D eigenvalue weighted by molar-refractivity contribution is -0.161. The normalized spacial score (nSPS) is 13.7. The van der Waals surface area contributed by atoms with Crippen LogP contribution in [0.3, 0.4) is 0 Å². The van der Waals surface area contributed by atoms with E-state index in [9.17, 15) is 43.2 Å². The van der Waals surface area contributed by atoms with Gasteiger partial charge in [0.05, 0.1) is 26.4 Å². The van der Waals surface area contributed by atoms with Crippen molar-refractivity contribution in [2.45, 2.75) is 502 Å². The summed E-state index contributed by atoms with van der Waals surface area (Å²) in [7, 11) is -9.93. The van der Waals surface area contributed by atoms with Crippen molar-refractivity contribution in [1.29, 1.82) is 0 Å². The summed E-state index contributed by atoms with van der Waals surface area (Å²) >= 11 is 0. The van der Waals surface area contributed by atoms with Crippen LogP contribution >= 0.6 is 15.6 Å². The van der Waals surface area contributed by atoms with Gasteiger partial charge < -0.3 is 33.8 Å². The molecule has 0 aliphatic carbocycles. The van der Waals surface area contributed by atoms with Crippen molar-refractivity contribution >= 4 is 39.5 Å². The maximum absolute atomic E-state index is 13.2. The van der Waals surface area contributed by atoms with Crippen molar-refractivity contribution in [1.82, 2.24) is 0 Å². The van der Waals surface area contributed by atoms with Crippen LogP contribution in [-0.4, -0.2) is 96.7 Å². The van der Waals surface area contributed by atoms with Gasteiger partial charge in [0, 0.05) is 25.7 Å². The lowest BCUT2D eigenvalue weighted by atomic mass is 10.0. The zero-order chi connectivity index (χ0) is 78.1. The van der Waals surface area contributed by atoms with Crippen LogP contribution < -0.4 is 0 Å². The molecule has 107 heavy (non-hydrogen) atoms. The van der Waals surface area contributed by atoms with Gasteiger partial charge in [-0.3, -0.25) is 37.3 Å². The summed E-state index contributed by atoms with van der Waals surface area (Å²) in [6.45, 7) is 5.05. The Morgan fingerprint density at radius 2 is 0.374 bits per heavy atom. The van der Waals surface area contributed by atoms with Gasteiger partial charge in [0.1, 0.15) is 19.3 Å². The van der Waals surface area contributed by atoms with Gasteiger partial charge in [0.25, 0.3) is 0 Å². The van der Waals surface area contributed by atoms with Gasteiger partial charge in [-0.15, -0.1) is 0 Å². The van der Waals surface area contributed by atoms with E-state index in [0.717, 1.165) is 89.9 Å². The first-order chi connectivity index (χ1) is 52.2. The Morgan fingerprint density at radius 3 is 0.551 bits per heavy atom. The average Bonchev–Trinajstić information content (AvgIpc) is 0.910. The van der Waals surface area contributed by atoms with Crippen LogP contribution in [0.5, 0.6) is 0 Å². The number of rotatable bonds is 89. The molecule has 0 rings (SSSR count). The summed E-state index contributed by atoms with van der Waals surface area (Å²) in [6.07, 6.45) is 77.9. The molecule has 0 heterocycles. The van der Waals surface area contributed by atoms with Crippen molar-refractivity contribution in [2.24, 2.45) is 0 Å². The fraction of sp³-hybridized carbons (Fsp3) is 0.955. The van der Waals surface area contributed by atoms with Crippen LogP contribution in [0.1, 0.15) is 484 Å². The van der Waals surface area contributed by atoms with Gasteiger partial charge in [-0.1, -0.05) is 432 Å². The molecule has 0 fully saturated rings. The SMILES string of the molecule is CCCCCCCCCCCCCCCCCCCCCCCC(=O)O[C@H](COC(=O)CCCCCCCCCCCCCCCCCCCCC)COP(=O)(O)OC[C@@H](O)COP(=O)(O)OC[C@@H](COC(=O)CCCCCCCCCCC)OC(=O)CCCCCCCCCCCCCCCCCCCC. The van der Waals surface area contributed by atoms with Gasteiger partial charge in [-0.2, -0.15) is 0 Å². The number of aliphatic hydroxyl groups is 1. The van der Waals surface area contributed by atoms with E-state index < -0.39 is 97.5 Å². The second-order valence-corrected chi connectivity index (χ2v) is 34.5. The standard InChI is InChI=1S/C88H172O17P2/c1-5-9-13-17-21-25-28-31-34-37-40-41-43-46-49-52-55-59-63-67-71-75-88(93)105-84(79-99-86(91)73-69-65-61-57-53-50-47-45-42-38-35-32-29-26-22-18-14-10-6-2)81-103-107(96,97)101-77-82(89)76-100-106(94,95)102-80-83(78-98-85(90)72-68-64-60-56-24-20-16-12-8-4)104-87(92)74-70-66-62-58-54-51-48-44-39-36-33-30-27-23-19-15-11-7-3/h82-84,89H,5-81H2,1-4H3,(H,94,95)(H,96,97)/t82-,83+,84+/m0/s1. The molecule has 0 aliphatic heterocycles. The van der Waals surface area contributed by atoms with Gasteiger partial charge in [-0.05, 0) is 25.7 Å². The molecule has 19 heteroatoms. The summed E-state index contributed by atoms with van der Waals surface area (Å²) in [5, 5.41) is 10.7. The highest BCUT2D eigenvalue weighted by atomic mass is 31.2. The Hall–Kier alpha value is -1.94. The minimum absolute atomic E-state index is 0.109. The zero-order valence-electron chi connectivity index (χ0n) is 70.1. The van der Waals surface area contributed by atoms with E-state index in [1.165, 1.54) is 315 Å². The first-order valence-corrected chi connectivity index (χ1v) is 48.8. The Balaban J connectivity index is 5.19. The van der Waals surface area contributed by atoms with Crippen molar-refractivity contribution in [3.8, 4) is 0 Å². The van der Waals surface area contributed by atoms with Gasteiger partial charge in [0.15, 0.2) is 12.2 Å². The number of carbonyl (C=O) groups is 4. The highest BCUT2D eigenvalue weighted by Crippen LogP contribution is 2.45. The molecule has 0 spiro atoms. The van der Waals surface area contributed by atoms with Crippen LogP contribution in [0.25, 0.3) is 0 Å². The topological polar surface area (TPSA) is 237 Å².